The number of carbonyl (C=O) groups excluding carboxylic acids is 1. The molecule has 0 atom stereocenters. The summed E-state index contributed by atoms with van der Waals surface area (Å²) < 4.78 is 2.77. The van der Waals surface area contributed by atoms with Crippen LogP contribution in [0.5, 0.6) is 0 Å². The number of hydrogen-bond acceptors (Lipinski definition) is 5. The van der Waals surface area contributed by atoms with Crippen molar-refractivity contribution >= 4 is 45.0 Å². The van der Waals surface area contributed by atoms with Crippen LogP contribution in [0, 0.1) is 13.8 Å². The minimum Gasteiger partial charge on any atom is -0.302 e. The Morgan fingerprint density at radius 3 is 2.50 bits per heavy atom. The SMILES string of the molecule is CCN(CC)CCN(C(=O)c1ccn(C)n1)c1nc2c(C)cc(C)cc2s1.Cl. The third-order valence-electron chi connectivity index (χ3n) is 4.76. The fourth-order valence-electron chi connectivity index (χ4n) is 3.21. The summed E-state index contributed by atoms with van der Waals surface area (Å²) in [6.07, 6.45) is 1.79. The van der Waals surface area contributed by atoms with E-state index in [1.54, 1.807) is 33.2 Å². The van der Waals surface area contributed by atoms with Crippen molar-refractivity contribution in [3.8, 4) is 0 Å². The van der Waals surface area contributed by atoms with Gasteiger partial charge in [-0.05, 0) is 50.2 Å². The molecule has 0 fully saturated rings. The van der Waals surface area contributed by atoms with E-state index in [0.29, 0.717) is 12.2 Å². The molecule has 3 rings (SSSR count). The highest BCUT2D eigenvalue weighted by molar-refractivity contribution is 7.22. The predicted molar refractivity (Wildman–Crippen MR) is 119 cm³/mol. The minimum atomic E-state index is -0.101. The van der Waals surface area contributed by atoms with Crippen LogP contribution in [0.1, 0.15) is 35.5 Å². The summed E-state index contributed by atoms with van der Waals surface area (Å²) in [5.74, 6) is -0.101. The first-order chi connectivity index (χ1) is 12.9. The lowest BCUT2D eigenvalue weighted by atomic mass is 10.1. The molecule has 1 aromatic carbocycles. The van der Waals surface area contributed by atoms with Crippen LogP contribution in [0.15, 0.2) is 24.4 Å². The first-order valence-corrected chi connectivity index (χ1v) is 10.2. The number of amides is 1. The average molecular weight is 422 g/mol. The van der Waals surface area contributed by atoms with E-state index in [4.69, 9.17) is 4.98 Å². The number of hydrogen-bond donors (Lipinski definition) is 0. The Morgan fingerprint density at radius 1 is 1.18 bits per heavy atom. The molecular formula is C20H28ClN5OS. The molecule has 0 saturated heterocycles. The lowest BCUT2D eigenvalue weighted by Gasteiger charge is -2.24. The second-order valence-electron chi connectivity index (χ2n) is 6.78. The number of likely N-dealkylation sites (N-methyl/N-ethyl adjacent to an activating group) is 1. The number of aromatic nitrogens is 3. The van der Waals surface area contributed by atoms with Gasteiger partial charge in [-0.1, -0.05) is 31.3 Å². The number of nitrogens with zero attached hydrogens (tertiary/aromatic N) is 5. The van der Waals surface area contributed by atoms with Crippen LogP contribution in [0.25, 0.3) is 10.2 Å². The molecule has 0 unspecified atom stereocenters. The maximum Gasteiger partial charge on any atom is 0.280 e. The minimum absolute atomic E-state index is 0. The highest BCUT2D eigenvalue weighted by atomic mass is 35.5. The van der Waals surface area contributed by atoms with E-state index in [-0.39, 0.29) is 18.3 Å². The van der Waals surface area contributed by atoms with Crippen molar-refractivity contribution in [3.05, 3.63) is 41.2 Å². The summed E-state index contributed by atoms with van der Waals surface area (Å²) in [7, 11) is 1.82. The van der Waals surface area contributed by atoms with Gasteiger partial charge in [0.15, 0.2) is 10.8 Å². The van der Waals surface area contributed by atoms with Gasteiger partial charge in [0.25, 0.3) is 5.91 Å². The van der Waals surface area contributed by atoms with Crippen molar-refractivity contribution in [1.29, 1.82) is 0 Å². The average Bonchev–Trinajstić information content (AvgIpc) is 3.25. The molecule has 2 aromatic heterocycles. The van der Waals surface area contributed by atoms with Crippen LogP contribution in [0.2, 0.25) is 0 Å². The molecule has 1 amide bonds. The van der Waals surface area contributed by atoms with Gasteiger partial charge < -0.3 is 4.90 Å². The number of benzene rings is 1. The van der Waals surface area contributed by atoms with Crippen LogP contribution >= 0.6 is 23.7 Å². The number of anilines is 1. The van der Waals surface area contributed by atoms with Gasteiger partial charge >= 0.3 is 0 Å². The Kier molecular flexibility index (Phi) is 7.57. The van der Waals surface area contributed by atoms with Gasteiger partial charge in [-0.2, -0.15) is 5.10 Å². The third-order valence-corrected chi connectivity index (χ3v) is 5.79. The van der Waals surface area contributed by atoms with E-state index in [1.807, 2.05) is 7.05 Å². The molecule has 0 saturated carbocycles. The zero-order valence-electron chi connectivity index (χ0n) is 17.1. The Labute approximate surface area is 176 Å². The number of aryl methyl sites for hydroxylation is 3. The standard InChI is InChI=1S/C20H27N5OS.ClH/c1-6-24(7-2)10-11-25(19(26)16-8-9-23(5)22-16)20-21-18-15(4)12-14(3)13-17(18)27-20;/h8-9,12-13H,6-7,10-11H2,1-5H3;1H. The van der Waals surface area contributed by atoms with Crippen LogP contribution in [-0.2, 0) is 7.05 Å². The Bertz CT molecular complexity index is 947. The van der Waals surface area contributed by atoms with Gasteiger partial charge in [-0.3, -0.25) is 14.4 Å². The van der Waals surface area contributed by atoms with Crippen LogP contribution in [-0.4, -0.2) is 51.8 Å². The first kappa shape index (κ1) is 22.3. The van der Waals surface area contributed by atoms with Crippen molar-refractivity contribution in [2.24, 2.45) is 7.05 Å². The van der Waals surface area contributed by atoms with Crippen molar-refractivity contribution < 1.29 is 4.79 Å². The van der Waals surface area contributed by atoms with Gasteiger partial charge in [-0.25, -0.2) is 4.98 Å². The molecule has 0 aliphatic rings. The molecule has 28 heavy (non-hydrogen) atoms. The largest absolute Gasteiger partial charge is 0.302 e. The summed E-state index contributed by atoms with van der Waals surface area (Å²) in [5.41, 5.74) is 3.77. The molecule has 0 aliphatic heterocycles. The normalized spacial score (nSPS) is 11.1. The van der Waals surface area contributed by atoms with Crippen LogP contribution < -0.4 is 4.90 Å². The fraction of sp³-hybridized carbons (Fsp3) is 0.450. The fourth-order valence-corrected chi connectivity index (χ4v) is 4.37. The van der Waals surface area contributed by atoms with E-state index >= 15 is 0 Å². The third kappa shape index (κ3) is 4.71. The van der Waals surface area contributed by atoms with Gasteiger partial charge in [0.2, 0.25) is 0 Å². The molecule has 2 heterocycles. The molecule has 3 aromatic rings. The highest BCUT2D eigenvalue weighted by Gasteiger charge is 2.24. The number of carbonyl (C=O) groups is 1. The lowest BCUT2D eigenvalue weighted by molar-refractivity contribution is 0.0978. The summed E-state index contributed by atoms with van der Waals surface area (Å²) in [4.78, 5) is 22.1. The monoisotopic (exact) mass is 421 g/mol. The molecule has 8 heteroatoms. The zero-order valence-corrected chi connectivity index (χ0v) is 18.7. The second-order valence-corrected chi connectivity index (χ2v) is 7.79. The maximum absolute atomic E-state index is 13.2. The summed E-state index contributed by atoms with van der Waals surface area (Å²) >= 11 is 1.57. The molecule has 0 spiro atoms. The van der Waals surface area contributed by atoms with Crippen molar-refractivity contribution in [1.82, 2.24) is 19.7 Å². The Hall–Kier alpha value is -1.96. The zero-order chi connectivity index (χ0) is 19.6. The van der Waals surface area contributed by atoms with E-state index in [9.17, 15) is 4.79 Å². The number of halogens is 1. The van der Waals surface area contributed by atoms with Gasteiger partial charge in [0, 0.05) is 26.3 Å². The lowest BCUT2D eigenvalue weighted by Crippen LogP contribution is -2.39. The van der Waals surface area contributed by atoms with Crippen LogP contribution in [0.3, 0.4) is 0 Å². The van der Waals surface area contributed by atoms with Crippen molar-refractivity contribution in [3.63, 3.8) is 0 Å². The molecule has 0 aliphatic carbocycles. The summed E-state index contributed by atoms with van der Waals surface area (Å²) in [6.45, 7) is 11.7. The van der Waals surface area contributed by atoms with E-state index in [0.717, 1.165) is 40.5 Å². The van der Waals surface area contributed by atoms with E-state index < -0.39 is 0 Å². The first-order valence-electron chi connectivity index (χ1n) is 9.34. The smallest absolute Gasteiger partial charge is 0.280 e. The van der Waals surface area contributed by atoms with Crippen LogP contribution in [0.4, 0.5) is 5.13 Å². The molecular weight excluding hydrogens is 394 g/mol. The number of fused-ring (bicyclic) bond motifs is 1. The van der Waals surface area contributed by atoms with Crippen molar-refractivity contribution in [2.45, 2.75) is 27.7 Å². The molecule has 6 nitrogen and oxygen atoms in total. The Balaban J connectivity index is 0.00000280. The van der Waals surface area contributed by atoms with E-state index in [2.05, 4.69) is 49.8 Å². The van der Waals surface area contributed by atoms with Crippen molar-refractivity contribution in [2.75, 3.05) is 31.1 Å². The Morgan fingerprint density at radius 2 is 1.89 bits per heavy atom. The highest BCUT2D eigenvalue weighted by Crippen LogP contribution is 2.32. The molecule has 0 bridgehead atoms. The quantitative estimate of drug-likeness (QED) is 0.577. The van der Waals surface area contributed by atoms with Gasteiger partial charge in [-0.15, -0.1) is 12.4 Å². The maximum atomic E-state index is 13.2. The predicted octanol–water partition coefficient (Wildman–Crippen LogP) is 4.06. The van der Waals surface area contributed by atoms with Gasteiger partial charge in [0.1, 0.15) is 0 Å². The number of rotatable bonds is 7. The number of thiazole rings is 1. The topological polar surface area (TPSA) is 54.3 Å². The molecule has 0 N–H and O–H groups in total. The van der Waals surface area contributed by atoms with Gasteiger partial charge in [0.05, 0.1) is 10.2 Å². The van der Waals surface area contributed by atoms with E-state index in [1.165, 1.54) is 5.56 Å². The molecule has 0 radical (unpaired) electrons. The summed E-state index contributed by atoms with van der Waals surface area (Å²) in [5, 5.41) is 5.04. The summed E-state index contributed by atoms with van der Waals surface area (Å²) in [6, 6.07) is 6.03. The molecule has 152 valence electrons. The second kappa shape index (κ2) is 9.49.